The van der Waals surface area contributed by atoms with E-state index in [-0.39, 0.29) is 0 Å². The van der Waals surface area contributed by atoms with E-state index in [2.05, 4.69) is 41.1 Å². The topological polar surface area (TPSA) is 55.0 Å². The molecule has 2 aromatic heterocycles. The minimum absolute atomic E-state index is 0.499. The van der Waals surface area contributed by atoms with Crippen molar-refractivity contribution in [3.05, 3.63) is 82.5 Å². The summed E-state index contributed by atoms with van der Waals surface area (Å²) < 4.78 is 7.46. The molecule has 0 atom stereocenters. The molecule has 1 aliphatic heterocycles. The molecule has 0 N–H and O–H groups in total. The van der Waals surface area contributed by atoms with Gasteiger partial charge in [-0.3, -0.25) is 4.99 Å². The Morgan fingerprint density at radius 3 is 2.72 bits per heavy atom. The monoisotopic (exact) mass is 445 g/mol. The molecule has 6 nitrogen and oxygen atoms in total. The van der Waals surface area contributed by atoms with Crippen LogP contribution < -0.4 is 4.90 Å². The molecule has 1 fully saturated rings. The van der Waals surface area contributed by atoms with Crippen LogP contribution in [0.25, 0.3) is 16.9 Å². The second-order valence-electron chi connectivity index (χ2n) is 7.90. The van der Waals surface area contributed by atoms with Crippen molar-refractivity contribution in [3.8, 4) is 11.3 Å². The van der Waals surface area contributed by atoms with Crippen LogP contribution in [0, 0.1) is 6.92 Å². The molecule has 1 aliphatic rings. The fraction of sp³-hybridized carbons (Fsp3) is 0.240. The minimum Gasteiger partial charge on any atom is -0.378 e. The lowest BCUT2D eigenvalue weighted by molar-refractivity contribution is 0.122. The summed E-state index contributed by atoms with van der Waals surface area (Å²) in [4.78, 5) is 11.8. The average Bonchev–Trinajstić information content (AvgIpc) is 3.24. The van der Waals surface area contributed by atoms with Crippen molar-refractivity contribution < 1.29 is 4.74 Å². The Bertz CT molecular complexity index is 1280. The molecule has 2 aromatic carbocycles. The van der Waals surface area contributed by atoms with E-state index in [1.807, 2.05) is 47.1 Å². The smallest absolute Gasteiger partial charge is 0.158 e. The first-order valence-electron chi connectivity index (χ1n) is 10.7. The number of aryl methyl sites for hydroxylation is 1. The molecule has 32 heavy (non-hydrogen) atoms. The summed E-state index contributed by atoms with van der Waals surface area (Å²) in [6.45, 7) is 5.62. The van der Waals surface area contributed by atoms with Crippen LogP contribution in [0.15, 0.2) is 65.7 Å². The van der Waals surface area contributed by atoms with Gasteiger partial charge in [0.15, 0.2) is 5.65 Å². The highest BCUT2D eigenvalue weighted by Crippen LogP contribution is 2.26. The van der Waals surface area contributed by atoms with Crippen LogP contribution >= 0.6 is 11.6 Å². The zero-order valence-corrected chi connectivity index (χ0v) is 18.7. The van der Waals surface area contributed by atoms with Gasteiger partial charge in [0.05, 0.1) is 31.1 Å². The van der Waals surface area contributed by atoms with E-state index in [1.54, 1.807) is 0 Å². The summed E-state index contributed by atoms with van der Waals surface area (Å²) in [5, 5.41) is 5.54. The zero-order valence-electron chi connectivity index (χ0n) is 17.9. The molecular formula is C25H24ClN5O. The number of aliphatic imine (C=N–C) groups is 1. The van der Waals surface area contributed by atoms with Crippen molar-refractivity contribution in [3.63, 3.8) is 0 Å². The van der Waals surface area contributed by atoms with Crippen molar-refractivity contribution in [2.24, 2.45) is 4.99 Å². The first-order chi connectivity index (χ1) is 15.7. The van der Waals surface area contributed by atoms with Gasteiger partial charge in [-0.05, 0) is 24.6 Å². The molecular weight excluding hydrogens is 422 g/mol. The van der Waals surface area contributed by atoms with Crippen LogP contribution in [-0.2, 0) is 11.3 Å². The molecule has 0 aliphatic carbocycles. The van der Waals surface area contributed by atoms with E-state index in [4.69, 9.17) is 26.4 Å². The second-order valence-corrected chi connectivity index (χ2v) is 8.34. The quantitative estimate of drug-likeness (QED) is 0.413. The average molecular weight is 446 g/mol. The van der Waals surface area contributed by atoms with E-state index >= 15 is 0 Å². The molecule has 0 unspecified atom stereocenters. The van der Waals surface area contributed by atoms with Crippen LogP contribution in [-0.4, -0.2) is 47.1 Å². The lowest BCUT2D eigenvalue weighted by atomic mass is 10.1. The maximum absolute atomic E-state index is 6.20. The normalized spacial score (nSPS) is 14.5. The standard InChI is InChI=1S/C25H24ClN5O/c1-18-4-2-5-19(12-18)16-27-17-22-14-25(30-8-10-32-11-9-30)31-24(28-22)15-23(29-31)20-6-3-7-21(26)13-20/h2-7,12-16H,8-11,17H2,1H3. The lowest BCUT2D eigenvalue weighted by Gasteiger charge is -2.29. The SMILES string of the molecule is Cc1cccc(C=NCc2cc(N3CCOCC3)n3nc(-c4cccc(Cl)c4)cc3n2)c1. The van der Waals surface area contributed by atoms with Crippen molar-refractivity contribution >= 4 is 29.3 Å². The van der Waals surface area contributed by atoms with Gasteiger partial charge in [-0.2, -0.15) is 9.61 Å². The zero-order chi connectivity index (χ0) is 21.9. The van der Waals surface area contributed by atoms with Gasteiger partial charge >= 0.3 is 0 Å². The van der Waals surface area contributed by atoms with Gasteiger partial charge in [-0.25, -0.2) is 4.98 Å². The first kappa shape index (κ1) is 20.7. The molecule has 7 heteroatoms. The Kier molecular flexibility index (Phi) is 5.88. The number of rotatable bonds is 5. The molecule has 162 valence electrons. The maximum atomic E-state index is 6.20. The highest BCUT2D eigenvalue weighted by molar-refractivity contribution is 6.30. The third-order valence-electron chi connectivity index (χ3n) is 5.45. The van der Waals surface area contributed by atoms with E-state index in [0.29, 0.717) is 24.8 Å². The number of hydrogen-bond acceptors (Lipinski definition) is 5. The van der Waals surface area contributed by atoms with Crippen LogP contribution in [0.4, 0.5) is 5.82 Å². The molecule has 4 aromatic rings. The van der Waals surface area contributed by atoms with Gasteiger partial charge in [0.25, 0.3) is 0 Å². The predicted molar refractivity (Wildman–Crippen MR) is 129 cm³/mol. The van der Waals surface area contributed by atoms with Gasteiger partial charge in [-0.15, -0.1) is 0 Å². The van der Waals surface area contributed by atoms with Crippen LogP contribution in [0.1, 0.15) is 16.8 Å². The van der Waals surface area contributed by atoms with Crippen molar-refractivity contribution in [2.75, 3.05) is 31.2 Å². The number of morpholine rings is 1. The number of anilines is 1. The Morgan fingerprint density at radius 1 is 1.06 bits per heavy atom. The van der Waals surface area contributed by atoms with Gasteiger partial charge in [0.1, 0.15) is 5.82 Å². The minimum atomic E-state index is 0.499. The number of halogens is 1. The van der Waals surface area contributed by atoms with Gasteiger partial charge in [0, 0.05) is 42.0 Å². The maximum Gasteiger partial charge on any atom is 0.158 e. The highest BCUT2D eigenvalue weighted by Gasteiger charge is 2.18. The largest absolute Gasteiger partial charge is 0.378 e. The number of hydrogen-bond donors (Lipinski definition) is 0. The number of nitrogens with zero attached hydrogens (tertiary/aromatic N) is 5. The Morgan fingerprint density at radius 2 is 1.91 bits per heavy atom. The Labute approximate surface area is 192 Å². The van der Waals surface area contributed by atoms with Crippen molar-refractivity contribution in [1.29, 1.82) is 0 Å². The van der Waals surface area contributed by atoms with Gasteiger partial charge in [-0.1, -0.05) is 53.6 Å². The van der Waals surface area contributed by atoms with E-state index in [0.717, 1.165) is 47.1 Å². The van der Waals surface area contributed by atoms with E-state index in [1.165, 1.54) is 5.56 Å². The fourth-order valence-corrected chi connectivity index (χ4v) is 4.08. The van der Waals surface area contributed by atoms with Crippen molar-refractivity contribution in [2.45, 2.75) is 13.5 Å². The fourth-order valence-electron chi connectivity index (χ4n) is 3.89. The first-order valence-corrected chi connectivity index (χ1v) is 11.1. The molecule has 0 saturated carbocycles. The van der Waals surface area contributed by atoms with Crippen LogP contribution in [0.5, 0.6) is 0 Å². The molecule has 5 rings (SSSR count). The summed E-state index contributed by atoms with van der Waals surface area (Å²) in [5.74, 6) is 1.01. The summed E-state index contributed by atoms with van der Waals surface area (Å²) in [6.07, 6.45) is 1.90. The third-order valence-corrected chi connectivity index (χ3v) is 5.69. The van der Waals surface area contributed by atoms with E-state index < -0.39 is 0 Å². The number of benzene rings is 2. The number of ether oxygens (including phenoxy) is 1. The second kappa shape index (κ2) is 9.10. The summed E-state index contributed by atoms with van der Waals surface area (Å²) in [7, 11) is 0. The van der Waals surface area contributed by atoms with Gasteiger partial charge in [0.2, 0.25) is 0 Å². The molecule has 0 radical (unpaired) electrons. The molecule has 0 bridgehead atoms. The van der Waals surface area contributed by atoms with E-state index in [9.17, 15) is 0 Å². The van der Waals surface area contributed by atoms with Crippen LogP contribution in [0.3, 0.4) is 0 Å². The van der Waals surface area contributed by atoms with Crippen molar-refractivity contribution in [1.82, 2.24) is 14.6 Å². The highest BCUT2D eigenvalue weighted by atomic mass is 35.5. The summed E-state index contributed by atoms with van der Waals surface area (Å²) >= 11 is 6.20. The molecule has 0 amide bonds. The van der Waals surface area contributed by atoms with Crippen LogP contribution in [0.2, 0.25) is 5.02 Å². The lowest BCUT2D eigenvalue weighted by Crippen LogP contribution is -2.37. The number of aromatic nitrogens is 3. The molecule has 1 saturated heterocycles. The van der Waals surface area contributed by atoms with Gasteiger partial charge < -0.3 is 9.64 Å². The Balaban J connectivity index is 1.51. The summed E-state index contributed by atoms with van der Waals surface area (Å²) in [6, 6.07) is 20.1. The summed E-state index contributed by atoms with van der Waals surface area (Å²) in [5.41, 5.74) is 5.82. The Hall–Kier alpha value is -3.22. The predicted octanol–water partition coefficient (Wildman–Crippen LogP) is 4.81. The third kappa shape index (κ3) is 4.52. The molecule has 0 spiro atoms. The number of fused-ring (bicyclic) bond motifs is 1. The molecule has 3 heterocycles.